The molecule has 1 unspecified atom stereocenters. The van der Waals surface area contributed by atoms with Gasteiger partial charge in [0.05, 0.1) is 15.7 Å². The van der Waals surface area contributed by atoms with Gasteiger partial charge in [0.25, 0.3) is 11.5 Å². The first-order valence-electron chi connectivity index (χ1n) is 11.2. The van der Waals surface area contributed by atoms with Gasteiger partial charge >= 0.3 is 6.18 Å². The maximum atomic E-state index is 13.1. The average molecular weight is 548 g/mol. The minimum absolute atomic E-state index is 0.0389. The summed E-state index contributed by atoms with van der Waals surface area (Å²) in [4.78, 5) is 36.9. The van der Waals surface area contributed by atoms with Crippen LogP contribution in [0.2, 0.25) is 0 Å². The molecule has 0 bridgehead atoms. The number of carbonyl (C=O) groups is 2. The van der Waals surface area contributed by atoms with Crippen molar-refractivity contribution in [1.29, 1.82) is 0 Å². The van der Waals surface area contributed by atoms with Crippen molar-refractivity contribution in [2.45, 2.75) is 36.2 Å². The van der Waals surface area contributed by atoms with Crippen LogP contribution in [0.25, 0.3) is 5.69 Å². The number of aromatic nitrogens is 1. The van der Waals surface area contributed by atoms with E-state index in [2.05, 4.69) is 11.9 Å². The van der Waals surface area contributed by atoms with Gasteiger partial charge in [-0.05, 0) is 55.0 Å². The lowest BCUT2D eigenvalue weighted by molar-refractivity contribution is -0.137. The zero-order valence-electron chi connectivity index (χ0n) is 20.2. The van der Waals surface area contributed by atoms with Crippen molar-refractivity contribution >= 4 is 21.7 Å². The summed E-state index contributed by atoms with van der Waals surface area (Å²) in [7, 11) is -3.91. The number of benzene rings is 2. The van der Waals surface area contributed by atoms with Crippen molar-refractivity contribution in [3.63, 3.8) is 0 Å². The van der Waals surface area contributed by atoms with Gasteiger partial charge in [-0.3, -0.25) is 19.0 Å². The van der Waals surface area contributed by atoms with Gasteiger partial charge in [0.2, 0.25) is 5.91 Å². The fourth-order valence-corrected chi connectivity index (χ4v) is 5.21. The van der Waals surface area contributed by atoms with Gasteiger partial charge in [-0.1, -0.05) is 24.3 Å². The molecule has 1 atom stereocenters. The number of primary amides is 1. The fourth-order valence-electron chi connectivity index (χ4n) is 3.71. The van der Waals surface area contributed by atoms with Crippen LogP contribution in [0.1, 0.15) is 33.6 Å². The second kappa shape index (κ2) is 11.1. The Morgan fingerprint density at radius 2 is 1.76 bits per heavy atom. The van der Waals surface area contributed by atoms with E-state index in [1.165, 1.54) is 55.5 Å². The third-order valence-corrected chi connectivity index (χ3v) is 7.81. The van der Waals surface area contributed by atoms with Crippen LogP contribution in [0.3, 0.4) is 0 Å². The van der Waals surface area contributed by atoms with Crippen LogP contribution in [-0.2, 0) is 27.4 Å². The van der Waals surface area contributed by atoms with Crippen LogP contribution in [0.5, 0.6) is 0 Å². The van der Waals surface area contributed by atoms with Gasteiger partial charge in [-0.25, -0.2) is 8.42 Å². The number of rotatable bonds is 9. The highest BCUT2D eigenvalue weighted by Crippen LogP contribution is 2.30. The summed E-state index contributed by atoms with van der Waals surface area (Å²) < 4.78 is 65.9. The van der Waals surface area contributed by atoms with E-state index in [0.29, 0.717) is 11.3 Å². The maximum Gasteiger partial charge on any atom is 0.416 e. The third kappa shape index (κ3) is 6.20. The van der Waals surface area contributed by atoms with E-state index in [-0.39, 0.29) is 22.7 Å². The molecule has 0 aliphatic rings. The summed E-state index contributed by atoms with van der Waals surface area (Å²) in [6.07, 6.45) is -3.90. The van der Waals surface area contributed by atoms with Crippen LogP contribution < -0.4 is 16.6 Å². The van der Waals surface area contributed by atoms with Crippen LogP contribution in [0.4, 0.5) is 13.2 Å². The molecule has 0 radical (unpaired) electrons. The number of carbonyl (C=O) groups excluding carboxylic acids is 2. The summed E-state index contributed by atoms with van der Waals surface area (Å²) >= 11 is 0. The number of nitrogens with one attached hydrogen (secondary N) is 1. The predicted octanol–water partition coefficient (Wildman–Crippen LogP) is 3.30. The molecule has 3 N–H and O–H groups in total. The molecule has 0 saturated heterocycles. The first-order chi connectivity index (χ1) is 17.8. The van der Waals surface area contributed by atoms with Crippen molar-refractivity contribution in [1.82, 2.24) is 9.88 Å². The minimum Gasteiger partial charge on any atom is -0.370 e. The Balaban J connectivity index is 1.80. The Labute approximate surface area is 216 Å². The Morgan fingerprint density at radius 3 is 2.34 bits per heavy atom. The Kier molecular flexibility index (Phi) is 8.25. The molecule has 0 saturated carbocycles. The molecule has 3 rings (SSSR count). The molecular weight excluding hydrogens is 523 g/mol. The van der Waals surface area contributed by atoms with E-state index < -0.39 is 50.6 Å². The molecule has 12 heteroatoms. The molecule has 1 aromatic heterocycles. The van der Waals surface area contributed by atoms with Gasteiger partial charge in [0, 0.05) is 24.3 Å². The van der Waals surface area contributed by atoms with Crippen molar-refractivity contribution in [2.24, 2.45) is 5.73 Å². The molecule has 0 spiro atoms. The highest BCUT2D eigenvalue weighted by molar-refractivity contribution is 7.92. The molecule has 0 aliphatic carbocycles. The zero-order chi connectivity index (χ0) is 28.3. The van der Waals surface area contributed by atoms with Gasteiger partial charge in [-0.15, -0.1) is 6.58 Å². The predicted molar refractivity (Wildman–Crippen MR) is 134 cm³/mol. The molecule has 2 aromatic carbocycles. The summed E-state index contributed by atoms with van der Waals surface area (Å²) in [5.41, 5.74) is 3.89. The van der Waals surface area contributed by atoms with Crippen LogP contribution in [-0.4, -0.2) is 30.0 Å². The second-order valence-corrected chi connectivity index (χ2v) is 10.6. The molecule has 200 valence electrons. The number of alkyl halides is 3. The van der Waals surface area contributed by atoms with E-state index in [0.717, 1.165) is 22.8 Å². The first kappa shape index (κ1) is 28.4. The van der Waals surface area contributed by atoms with E-state index in [9.17, 15) is 36.0 Å². The quantitative estimate of drug-likeness (QED) is 0.398. The van der Waals surface area contributed by atoms with E-state index in [1.54, 1.807) is 0 Å². The number of halogens is 3. The first-order valence-corrected chi connectivity index (χ1v) is 12.7. The number of aryl methyl sites for hydroxylation is 1. The molecule has 1 heterocycles. The van der Waals surface area contributed by atoms with E-state index in [4.69, 9.17) is 5.73 Å². The molecule has 8 nitrogen and oxygen atoms in total. The van der Waals surface area contributed by atoms with E-state index >= 15 is 0 Å². The maximum absolute atomic E-state index is 13.1. The number of amides is 2. The zero-order valence-corrected chi connectivity index (χ0v) is 21.0. The monoisotopic (exact) mass is 547 g/mol. The largest absolute Gasteiger partial charge is 0.416 e. The third-order valence-electron chi connectivity index (χ3n) is 5.72. The molecule has 0 fully saturated rings. The Hall–Kier alpha value is -4.19. The SMILES string of the molecule is C=CC(CC(N)=O)S(=O)(=O)c1ccc(CNC(=O)c2ccc(C)n(-c3cccc(C(F)(F)F)c3)c2=O)cc1. The molecule has 38 heavy (non-hydrogen) atoms. The number of hydrogen-bond donors (Lipinski definition) is 2. The van der Waals surface area contributed by atoms with Crippen molar-refractivity contribution < 1.29 is 31.2 Å². The van der Waals surface area contributed by atoms with Crippen molar-refractivity contribution in [3.8, 4) is 5.69 Å². The summed E-state index contributed by atoms with van der Waals surface area (Å²) in [6.45, 7) is 4.90. The molecule has 0 aliphatic heterocycles. The van der Waals surface area contributed by atoms with Gasteiger partial charge in [0.1, 0.15) is 5.56 Å². The lowest BCUT2D eigenvalue weighted by Crippen LogP contribution is -2.33. The lowest BCUT2D eigenvalue weighted by Gasteiger charge is -2.14. The van der Waals surface area contributed by atoms with Crippen LogP contribution in [0.15, 0.2) is 83.0 Å². The van der Waals surface area contributed by atoms with Crippen LogP contribution >= 0.6 is 0 Å². The summed E-state index contributed by atoms with van der Waals surface area (Å²) in [6, 6.07) is 12.5. The Bertz CT molecular complexity index is 1550. The number of pyridine rings is 1. The number of sulfone groups is 1. The van der Waals surface area contributed by atoms with Gasteiger partial charge in [0.15, 0.2) is 9.84 Å². The van der Waals surface area contributed by atoms with Crippen LogP contribution in [0, 0.1) is 6.92 Å². The lowest BCUT2D eigenvalue weighted by atomic mass is 10.1. The smallest absolute Gasteiger partial charge is 0.370 e. The highest BCUT2D eigenvalue weighted by Gasteiger charge is 2.31. The van der Waals surface area contributed by atoms with Crippen molar-refractivity contribution in [2.75, 3.05) is 0 Å². The standard InChI is InChI=1S/C26H24F3N3O5S/c1-3-20(14-23(30)33)38(36,37)21-10-8-17(9-11-21)15-31-24(34)22-12-7-16(2)32(25(22)35)19-6-4-5-18(13-19)26(27,28)29/h3-13,20H,1,14-15H2,2H3,(H2,30,33)(H,31,34). The highest BCUT2D eigenvalue weighted by atomic mass is 32.2. The normalized spacial score (nSPS) is 12.5. The summed E-state index contributed by atoms with van der Waals surface area (Å²) in [5, 5.41) is 1.36. The Morgan fingerprint density at radius 1 is 1.11 bits per heavy atom. The topological polar surface area (TPSA) is 128 Å². The molecule has 2 amide bonds. The van der Waals surface area contributed by atoms with Gasteiger partial charge in [-0.2, -0.15) is 13.2 Å². The second-order valence-electron chi connectivity index (χ2n) is 8.39. The minimum atomic E-state index is -4.61. The molecular formula is C26H24F3N3O5S. The average Bonchev–Trinajstić information content (AvgIpc) is 2.85. The van der Waals surface area contributed by atoms with Gasteiger partial charge < -0.3 is 11.1 Å². The van der Waals surface area contributed by atoms with Crippen molar-refractivity contribution in [3.05, 3.63) is 106 Å². The number of nitrogens with two attached hydrogens (primary N) is 1. The number of nitrogens with zero attached hydrogens (tertiary/aromatic N) is 1. The summed E-state index contributed by atoms with van der Waals surface area (Å²) in [5.74, 6) is -1.55. The molecule has 3 aromatic rings. The number of hydrogen-bond acceptors (Lipinski definition) is 5. The fraction of sp³-hybridized carbons (Fsp3) is 0.192. The van der Waals surface area contributed by atoms with E-state index in [1.807, 2.05) is 0 Å².